The number of hydrogen-bond donors (Lipinski definition) is 4. The number of rotatable bonds is 5. The van der Waals surface area contributed by atoms with E-state index in [1.807, 2.05) is 6.07 Å². The Morgan fingerprint density at radius 3 is 1.76 bits per heavy atom. The topological polar surface area (TPSA) is 125 Å². The zero-order valence-corrected chi connectivity index (χ0v) is 23.2. The fourth-order valence-electron chi connectivity index (χ4n) is 4.90. The van der Waals surface area contributed by atoms with Gasteiger partial charge in [-0.1, -0.05) is 54.1 Å². The van der Waals surface area contributed by atoms with Gasteiger partial charge in [-0.2, -0.15) is 0 Å². The maximum Gasteiger partial charge on any atom is 0.344 e. The molecule has 0 aliphatic carbocycles. The first kappa shape index (κ1) is 27.1. The van der Waals surface area contributed by atoms with Crippen LogP contribution in [-0.2, 0) is 0 Å². The molecule has 10 heteroatoms. The van der Waals surface area contributed by atoms with Crippen molar-refractivity contribution in [3.05, 3.63) is 140 Å². The molecule has 8 nitrogen and oxygen atoms in total. The summed E-state index contributed by atoms with van der Waals surface area (Å²) < 4.78 is 11.1. The average molecular weight is 597 g/mol. The van der Waals surface area contributed by atoms with Crippen molar-refractivity contribution in [1.29, 1.82) is 0 Å². The molecule has 0 saturated heterocycles. The van der Waals surface area contributed by atoms with Gasteiger partial charge in [0.2, 0.25) is 0 Å². The van der Waals surface area contributed by atoms with E-state index < -0.39 is 17.2 Å². The Hall–Kier alpha value is -5.12. The monoisotopic (exact) mass is 596 g/mol. The molecule has 2 aromatic heterocycles. The van der Waals surface area contributed by atoms with Crippen LogP contribution in [-0.4, -0.2) is 15.3 Å². The Kier molecular flexibility index (Phi) is 7.12. The van der Waals surface area contributed by atoms with Crippen LogP contribution in [0, 0.1) is 0 Å². The van der Waals surface area contributed by atoms with Gasteiger partial charge in [0.25, 0.3) is 0 Å². The van der Waals surface area contributed by atoms with Gasteiger partial charge >= 0.3 is 11.3 Å². The number of thiocarbonyl (C=S) groups is 1. The molecule has 0 aliphatic rings. The van der Waals surface area contributed by atoms with Gasteiger partial charge in [0.05, 0.1) is 27.8 Å². The Balaban J connectivity index is 1.46. The fourth-order valence-corrected chi connectivity index (χ4v) is 5.33. The van der Waals surface area contributed by atoms with Gasteiger partial charge in [0, 0.05) is 16.4 Å². The molecule has 0 unspecified atom stereocenters. The first-order valence-corrected chi connectivity index (χ1v) is 13.5. The highest BCUT2D eigenvalue weighted by atomic mass is 35.5. The van der Waals surface area contributed by atoms with E-state index in [2.05, 4.69) is 10.6 Å². The molecule has 0 fully saturated rings. The molecule has 4 N–H and O–H groups in total. The predicted molar refractivity (Wildman–Crippen MR) is 167 cm³/mol. The van der Waals surface area contributed by atoms with Crippen LogP contribution in [0.3, 0.4) is 0 Å². The second-order valence-electron chi connectivity index (χ2n) is 9.44. The van der Waals surface area contributed by atoms with Crippen molar-refractivity contribution >= 4 is 62.2 Å². The van der Waals surface area contributed by atoms with Gasteiger partial charge in [-0.25, -0.2) is 9.59 Å². The van der Waals surface area contributed by atoms with Crippen molar-refractivity contribution in [2.24, 2.45) is 0 Å². The number of anilines is 2. The van der Waals surface area contributed by atoms with Gasteiger partial charge in [0.1, 0.15) is 22.7 Å². The zero-order valence-electron chi connectivity index (χ0n) is 21.6. The van der Waals surface area contributed by atoms with Crippen LogP contribution in [0.25, 0.3) is 21.9 Å². The van der Waals surface area contributed by atoms with E-state index in [1.165, 1.54) is 0 Å². The molecule has 208 valence electrons. The molecular weight excluding hydrogens is 576 g/mol. The van der Waals surface area contributed by atoms with Gasteiger partial charge in [0.15, 0.2) is 5.11 Å². The SMILES string of the molecule is O=c1oc2ccccc2c(O)c1C(c1ccc(NC(=S)Nc2cccc(Cl)c2)cc1)c1c(O)c2ccccc2oc1=O. The second kappa shape index (κ2) is 11.0. The summed E-state index contributed by atoms with van der Waals surface area (Å²) in [5, 5.41) is 30.2. The number of aromatic hydroxyl groups is 2. The quantitative estimate of drug-likeness (QED) is 0.123. The van der Waals surface area contributed by atoms with E-state index in [-0.39, 0.29) is 44.6 Å². The van der Waals surface area contributed by atoms with Crippen molar-refractivity contribution in [3.8, 4) is 11.5 Å². The van der Waals surface area contributed by atoms with Gasteiger partial charge in [-0.3, -0.25) is 0 Å². The summed E-state index contributed by atoms with van der Waals surface area (Å²) in [6.45, 7) is 0. The molecule has 0 spiro atoms. The lowest BCUT2D eigenvalue weighted by atomic mass is 9.84. The molecule has 0 aliphatic heterocycles. The molecule has 4 aromatic carbocycles. The van der Waals surface area contributed by atoms with Gasteiger partial charge in [-0.05, 0) is 72.4 Å². The van der Waals surface area contributed by atoms with E-state index in [0.29, 0.717) is 27.1 Å². The van der Waals surface area contributed by atoms with Crippen molar-refractivity contribution in [3.63, 3.8) is 0 Å². The molecule has 0 saturated carbocycles. The molecule has 0 radical (unpaired) electrons. The number of para-hydroxylation sites is 2. The van der Waals surface area contributed by atoms with Crippen LogP contribution in [0.5, 0.6) is 11.5 Å². The Labute approximate surface area is 248 Å². The summed E-state index contributed by atoms with van der Waals surface area (Å²) >= 11 is 11.5. The standard InChI is InChI=1S/C32H21ClN2O6S/c33-18-6-5-7-20(16-18)35-32(42)34-19-14-12-17(13-15-19)25(26-28(36)21-8-1-3-10-23(21)40-30(26)38)27-29(37)22-9-2-4-11-24(22)41-31(27)39/h1-16,25,36-37H,(H2,34,35,42). The average Bonchev–Trinajstić information content (AvgIpc) is 2.97. The number of fused-ring (bicyclic) bond motifs is 2. The van der Waals surface area contributed by atoms with E-state index in [0.717, 1.165) is 0 Å². The summed E-state index contributed by atoms with van der Waals surface area (Å²) in [5.41, 5.74) is -0.0965. The van der Waals surface area contributed by atoms with Crippen molar-refractivity contribution in [2.75, 3.05) is 10.6 Å². The first-order valence-electron chi connectivity index (χ1n) is 12.7. The molecule has 2 heterocycles. The lowest BCUT2D eigenvalue weighted by Gasteiger charge is -2.20. The van der Waals surface area contributed by atoms with Crippen LogP contribution in [0.4, 0.5) is 11.4 Å². The number of benzene rings is 4. The fraction of sp³-hybridized carbons (Fsp3) is 0.0312. The van der Waals surface area contributed by atoms with E-state index >= 15 is 0 Å². The molecule has 6 aromatic rings. The molecule has 0 amide bonds. The first-order chi connectivity index (χ1) is 20.3. The van der Waals surface area contributed by atoms with E-state index in [9.17, 15) is 19.8 Å². The highest BCUT2D eigenvalue weighted by molar-refractivity contribution is 7.80. The maximum atomic E-state index is 13.4. The molecule has 0 bridgehead atoms. The lowest BCUT2D eigenvalue weighted by Crippen LogP contribution is -2.21. The predicted octanol–water partition coefficient (Wildman–Crippen LogP) is 6.95. The number of halogens is 1. The summed E-state index contributed by atoms with van der Waals surface area (Å²) in [4.78, 5) is 26.7. The van der Waals surface area contributed by atoms with E-state index in [4.69, 9.17) is 32.7 Å². The van der Waals surface area contributed by atoms with E-state index in [1.54, 1.807) is 91.0 Å². The van der Waals surface area contributed by atoms with Crippen LogP contribution < -0.4 is 21.9 Å². The third-order valence-electron chi connectivity index (χ3n) is 6.80. The smallest absolute Gasteiger partial charge is 0.344 e. The third kappa shape index (κ3) is 5.07. The van der Waals surface area contributed by atoms with Gasteiger partial charge < -0.3 is 29.7 Å². The largest absolute Gasteiger partial charge is 0.507 e. The summed E-state index contributed by atoms with van der Waals surface area (Å²) in [7, 11) is 0. The second-order valence-corrected chi connectivity index (χ2v) is 10.3. The van der Waals surface area contributed by atoms with Crippen LogP contribution in [0.1, 0.15) is 22.6 Å². The lowest BCUT2D eigenvalue weighted by molar-refractivity contribution is 0.441. The van der Waals surface area contributed by atoms with Crippen molar-refractivity contribution < 1.29 is 19.0 Å². The van der Waals surface area contributed by atoms with Crippen molar-refractivity contribution in [1.82, 2.24) is 0 Å². The molecule has 42 heavy (non-hydrogen) atoms. The minimum absolute atomic E-state index is 0.178. The summed E-state index contributed by atoms with van der Waals surface area (Å²) in [6.07, 6.45) is 0. The zero-order chi connectivity index (χ0) is 29.4. The summed E-state index contributed by atoms with van der Waals surface area (Å²) in [5.74, 6) is -1.97. The molecule has 6 rings (SSSR count). The maximum absolute atomic E-state index is 13.4. The minimum atomic E-state index is -1.24. The molecular formula is C32H21ClN2O6S. The third-order valence-corrected chi connectivity index (χ3v) is 7.24. The Morgan fingerprint density at radius 1 is 0.690 bits per heavy atom. The van der Waals surface area contributed by atoms with Gasteiger partial charge in [-0.15, -0.1) is 0 Å². The number of nitrogens with one attached hydrogen (secondary N) is 2. The Bertz CT molecular complexity index is 2010. The Morgan fingerprint density at radius 2 is 1.21 bits per heavy atom. The highest BCUT2D eigenvalue weighted by Crippen LogP contribution is 2.42. The minimum Gasteiger partial charge on any atom is -0.507 e. The highest BCUT2D eigenvalue weighted by Gasteiger charge is 2.32. The molecule has 0 atom stereocenters. The van der Waals surface area contributed by atoms with Crippen molar-refractivity contribution in [2.45, 2.75) is 5.92 Å². The van der Waals surface area contributed by atoms with Crippen LogP contribution in [0.2, 0.25) is 5.02 Å². The normalized spacial score (nSPS) is 11.2. The number of hydrogen-bond acceptors (Lipinski definition) is 7. The summed E-state index contributed by atoms with van der Waals surface area (Å²) in [6, 6.07) is 26.8. The van der Waals surface area contributed by atoms with Crippen LogP contribution >= 0.6 is 23.8 Å². The van der Waals surface area contributed by atoms with Crippen LogP contribution in [0.15, 0.2) is 115 Å².